The van der Waals surface area contributed by atoms with Crippen LogP contribution in [0.5, 0.6) is 5.88 Å². The van der Waals surface area contributed by atoms with Crippen molar-refractivity contribution in [1.29, 1.82) is 0 Å². The Hall–Kier alpha value is -1.62. The summed E-state index contributed by atoms with van der Waals surface area (Å²) in [6, 6.07) is 4.12. The van der Waals surface area contributed by atoms with E-state index < -0.39 is 0 Å². The van der Waals surface area contributed by atoms with Crippen molar-refractivity contribution in [2.24, 2.45) is 10.8 Å². The lowest BCUT2D eigenvalue weighted by molar-refractivity contribution is 0.396. The highest BCUT2D eigenvalue weighted by atomic mass is 16.5. The van der Waals surface area contributed by atoms with Gasteiger partial charge in [0, 0.05) is 6.20 Å². The summed E-state index contributed by atoms with van der Waals surface area (Å²) in [4.78, 5) is 8.54. The lowest BCUT2D eigenvalue weighted by Gasteiger charge is -2.08. The molecule has 0 saturated heterocycles. The summed E-state index contributed by atoms with van der Waals surface area (Å²) in [5, 5.41) is 0. The predicted octanol–water partition coefficient (Wildman–Crippen LogP) is 0.463. The third-order valence-electron chi connectivity index (χ3n) is 2.21. The topological polar surface area (TPSA) is 72.5 Å². The molecule has 1 fully saturated rings. The van der Waals surface area contributed by atoms with E-state index in [9.17, 15) is 0 Å². The van der Waals surface area contributed by atoms with Crippen LogP contribution in [0, 0.1) is 0 Å². The van der Waals surface area contributed by atoms with Gasteiger partial charge in [-0.05, 0) is 25.0 Å². The maximum Gasteiger partial charge on any atom is 0.224 e. The first-order chi connectivity index (χ1) is 7.35. The summed E-state index contributed by atoms with van der Waals surface area (Å²) in [6.07, 6.45) is 3.94. The number of amidine groups is 1. The Kier molecular flexibility index (Phi) is 2.82. The van der Waals surface area contributed by atoms with Crippen LogP contribution in [0.25, 0.3) is 0 Å². The predicted molar refractivity (Wildman–Crippen MR) is 57.7 cm³/mol. The number of nitrogens with zero attached hydrogens (tertiary/aromatic N) is 2. The fraction of sp³-hybridized carbons (Fsp3) is 0.400. The smallest absolute Gasteiger partial charge is 0.224 e. The molecular formula is C10H14N4O. The van der Waals surface area contributed by atoms with E-state index in [2.05, 4.69) is 15.4 Å². The zero-order valence-electron chi connectivity index (χ0n) is 8.60. The molecule has 0 atom stereocenters. The SMILES string of the molecule is COc1ncccc1C(=NC1CC1)NN. The van der Waals surface area contributed by atoms with Crippen molar-refractivity contribution in [2.45, 2.75) is 18.9 Å². The molecule has 1 aliphatic carbocycles. The number of methoxy groups -OCH3 is 1. The van der Waals surface area contributed by atoms with Crippen LogP contribution < -0.4 is 16.0 Å². The van der Waals surface area contributed by atoms with Crippen LogP contribution in [0.15, 0.2) is 23.3 Å². The molecule has 5 nitrogen and oxygen atoms in total. The van der Waals surface area contributed by atoms with Crippen LogP contribution in [0.2, 0.25) is 0 Å². The number of hydrogen-bond acceptors (Lipinski definition) is 4. The minimum Gasteiger partial charge on any atom is -0.480 e. The van der Waals surface area contributed by atoms with Crippen LogP contribution >= 0.6 is 0 Å². The van der Waals surface area contributed by atoms with Crippen LogP contribution in [0.1, 0.15) is 18.4 Å². The first-order valence-electron chi connectivity index (χ1n) is 4.89. The summed E-state index contributed by atoms with van der Waals surface area (Å²) in [7, 11) is 1.58. The van der Waals surface area contributed by atoms with Crippen LogP contribution in [0.4, 0.5) is 0 Å². The average molecular weight is 206 g/mol. The molecule has 0 aromatic carbocycles. The zero-order valence-corrected chi connectivity index (χ0v) is 8.60. The van der Waals surface area contributed by atoms with Gasteiger partial charge in [-0.15, -0.1) is 0 Å². The number of aliphatic imine (C=N–C) groups is 1. The second kappa shape index (κ2) is 4.27. The summed E-state index contributed by atoms with van der Waals surface area (Å²) in [5.74, 6) is 6.62. The van der Waals surface area contributed by atoms with Gasteiger partial charge >= 0.3 is 0 Å². The minimum atomic E-state index is 0.404. The van der Waals surface area contributed by atoms with E-state index in [0.717, 1.165) is 18.4 Å². The van der Waals surface area contributed by atoms with Gasteiger partial charge in [-0.1, -0.05) is 0 Å². The lowest BCUT2D eigenvalue weighted by Crippen LogP contribution is -2.32. The van der Waals surface area contributed by atoms with Gasteiger partial charge in [-0.25, -0.2) is 10.8 Å². The molecule has 15 heavy (non-hydrogen) atoms. The first-order valence-corrected chi connectivity index (χ1v) is 4.89. The molecule has 0 spiro atoms. The molecular weight excluding hydrogens is 192 g/mol. The Bertz CT molecular complexity index is 373. The number of hydrogen-bond donors (Lipinski definition) is 2. The zero-order chi connectivity index (χ0) is 10.7. The van der Waals surface area contributed by atoms with E-state index in [4.69, 9.17) is 10.6 Å². The molecule has 1 aromatic heterocycles. The summed E-state index contributed by atoms with van der Waals surface area (Å²) in [6.45, 7) is 0. The highest BCUT2D eigenvalue weighted by molar-refractivity contribution is 6.00. The number of aromatic nitrogens is 1. The first kappa shape index (κ1) is 9.92. The highest BCUT2D eigenvalue weighted by Gasteiger charge is 2.22. The maximum absolute atomic E-state index is 5.44. The molecule has 0 radical (unpaired) electrons. The molecule has 0 bridgehead atoms. The average Bonchev–Trinajstić information content (AvgIpc) is 3.10. The number of pyridine rings is 1. The Morgan fingerprint density at radius 1 is 1.67 bits per heavy atom. The molecule has 3 N–H and O–H groups in total. The van der Waals surface area contributed by atoms with Crippen molar-refractivity contribution in [1.82, 2.24) is 10.4 Å². The quantitative estimate of drug-likeness (QED) is 0.326. The molecule has 2 rings (SSSR count). The minimum absolute atomic E-state index is 0.404. The van der Waals surface area contributed by atoms with Gasteiger partial charge in [-0.3, -0.25) is 4.99 Å². The summed E-state index contributed by atoms with van der Waals surface area (Å²) in [5.41, 5.74) is 3.39. The van der Waals surface area contributed by atoms with Crippen molar-refractivity contribution in [3.63, 3.8) is 0 Å². The lowest BCUT2D eigenvalue weighted by atomic mass is 10.2. The Morgan fingerprint density at radius 3 is 3.07 bits per heavy atom. The molecule has 1 heterocycles. The highest BCUT2D eigenvalue weighted by Crippen LogP contribution is 2.25. The Morgan fingerprint density at radius 2 is 2.47 bits per heavy atom. The number of rotatable bonds is 3. The van der Waals surface area contributed by atoms with Gasteiger partial charge in [0.25, 0.3) is 0 Å². The molecule has 80 valence electrons. The van der Waals surface area contributed by atoms with Crippen LogP contribution in [0.3, 0.4) is 0 Å². The molecule has 0 aliphatic heterocycles. The van der Waals surface area contributed by atoms with Crippen molar-refractivity contribution >= 4 is 5.84 Å². The fourth-order valence-corrected chi connectivity index (χ4v) is 1.30. The third kappa shape index (κ3) is 2.24. The van der Waals surface area contributed by atoms with Crippen molar-refractivity contribution in [3.05, 3.63) is 23.9 Å². The van der Waals surface area contributed by atoms with Crippen LogP contribution in [-0.2, 0) is 0 Å². The van der Waals surface area contributed by atoms with Crippen LogP contribution in [-0.4, -0.2) is 24.0 Å². The van der Waals surface area contributed by atoms with Crippen molar-refractivity contribution < 1.29 is 4.74 Å². The maximum atomic E-state index is 5.44. The monoisotopic (exact) mass is 206 g/mol. The Balaban J connectivity index is 2.32. The third-order valence-corrected chi connectivity index (χ3v) is 2.21. The molecule has 1 saturated carbocycles. The van der Waals surface area contributed by atoms with Gasteiger partial charge in [0.2, 0.25) is 5.88 Å². The molecule has 5 heteroatoms. The fourth-order valence-electron chi connectivity index (χ4n) is 1.30. The molecule has 0 amide bonds. The standard InChI is InChI=1S/C10H14N4O/c1-15-10-8(3-2-6-12-10)9(14-11)13-7-4-5-7/h2-3,6-7H,4-5,11H2,1H3,(H,13,14). The normalized spacial score (nSPS) is 16.3. The summed E-state index contributed by atoms with van der Waals surface area (Å²) >= 11 is 0. The van der Waals surface area contributed by atoms with E-state index in [1.165, 1.54) is 0 Å². The van der Waals surface area contributed by atoms with E-state index in [1.54, 1.807) is 13.3 Å². The van der Waals surface area contributed by atoms with Crippen molar-refractivity contribution in [2.75, 3.05) is 7.11 Å². The van der Waals surface area contributed by atoms with Gasteiger partial charge < -0.3 is 10.2 Å². The van der Waals surface area contributed by atoms with E-state index in [0.29, 0.717) is 17.8 Å². The van der Waals surface area contributed by atoms with Gasteiger partial charge in [0.15, 0.2) is 0 Å². The Labute approximate surface area is 88.3 Å². The number of hydrazine groups is 1. The van der Waals surface area contributed by atoms with Gasteiger partial charge in [0.1, 0.15) is 5.84 Å². The van der Waals surface area contributed by atoms with E-state index in [1.807, 2.05) is 12.1 Å². The molecule has 0 unspecified atom stereocenters. The van der Waals surface area contributed by atoms with E-state index in [-0.39, 0.29) is 0 Å². The van der Waals surface area contributed by atoms with Gasteiger partial charge in [-0.2, -0.15) is 0 Å². The van der Waals surface area contributed by atoms with Gasteiger partial charge in [0.05, 0.1) is 18.7 Å². The van der Waals surface area contributed by atoms with E-state index >= 15 is 0 Å². The number of nitrogens with one attached hydrogen (secondary N) is 1. The van der Waals surface area contributed by atoms with Crippen molar-refractivity contribution in [3.8, 4) is 5.88 Å². The number of nitrogens with two attached hydrogens (primary N) is 1. The number of ether oxygens (including phenoxy) is 1. The summed E-state index contributed by atoms with van der Waals surface area (Å²) < 4.78 is 5.14. The largest absolute Gasteiger partial charge is 0.480 e. The second-order valence-electron chi connectivity index (χ2n) is 3.41. The molecule has 1 aromatic rings. The molecule has 1 aliphatic rings. The second-order valence-corrected chi connectivity index (χ2v) is 3.41.